The van der Waals surface area contributed by atoms with Gasteiger partial charge in [0.15, 0.2) is 0 Å². The minimum atomic E-state index is -0.575. The molecular weight excluding hydrogens is 314 g/mol. The average Bonchev–Trinajstić information content (AvgIpc) is 2.57. The zero-order chi connectivity index (χ0) is 18.0. The zero-order valence-electron chi connectivity index (χ0n) is 15.7. The van der Waals surface area contributed by atoms with E-state index in [1.165, 1.54) is 19.3 Å². The SMILES string of the molecule is CC(C)[N+]1(C)C2CCCC1CC(OC(=O)C(CO)c1ccccc1)C2. The standard InChI is InChI=1S/C21H32NO3/c1-15(2)22(3)17-10-7-11-18(22)13-19(12-17)25-21(24)20(14-23)16-8-5-4-6-9-16/h4-6,8-9,15,17-20,23H,7,10-14H2,1-3H3/q+1. The van der Waals surface area contributed by atoms with E-state index < -0.39 is 5.92 Å². The lowest BCUT2D eigenvalue weighted by atomic mass is 9.79. The van der Waals surface area contributed by atoms with E-state index in [0.29, 0.717) is 18.1 Å². The number of quaternary nitrogens is 1. The summed E-state index contributed by atoms with van der Waals surface area (Å²) in [6, 6.07) is 11.2. The Bertz CT molecular complexity index is 572. The first kappa shape index (κ1) is 18.4. The van der Waals surface area contributed by atoms with Gasteiger partial charge in [-0.25, -0.2) is 0 Å². The van der Waals surface area contributed by atoms with Crippen LogP contribution in [0.2, 0.25) is 0 Å². The number of carbonyl (C=O) groups excluding carboxylic acids is 1. The van der Waals surface area contributed by atoms with E-state index in [9.17, 15) is 9.90 Å². The van der Waals surface area contributed by atoms with Gasteiger partial charge in [-0.15, -0.1) is 0 Å². The molecule has 138 valence electrons. The molecule has 0 spiro atoms. The fraction of sp³-hybridized carbons (Fsp3) is 0.667. The van der Waals surface area contributed by atoms with E-state index in [-0.39, 0.29) is 18.7 Å². The summed E-state index contributed by atoms with van der Waals surface area (Å²) in [4.78, 5) is 12.7. The maximum absolute atomic E-state index is 12.7. The molecule has 4 heteroatoms. The highest BCUT2D eigenvalue weighted by atomic mass is 16.5. The van der Waals surface area contributed by atoms with Gasteiger partial charge in [0.2, 0.25) is 0 Å². The Morgan fingerprint density at radius 2 is 1.80 bits per heavy atom. The molecule has 2 bridgehead atoms. The first-order valence-electron chi connectivity index (χ1n) is 9.68. The van der Waals surface area contributed by atoms with E-state index in [1.54, 1.807) is 0 Å². The molecule has 4 nitrogen and oxygen atoms in total. The van der Waals surface area contributed by atoms with Gasteiger partial charge in [0.05, 0.1) is 31.8 Å². The van der Waals surface area contributed by atoms with E-state index in [4.69, 9.17) is 4.74 Å². The van der Waals surface area contributed by atoms with Crippen molar-refractivity contribution < 1.29 is 19.1 Å². The average molecular weight is 346 g/mol. The highest BCUT2D eigenvalue weighted by Crippen LogP contribution is 2.42. The van der Waals surface area contributed by atoms with Crippen molar-refractivity contribution in [2.75, 3.05) is 13.7 Å². The molecule has 1 N–H and O–H groups in total. The fourth-order valence-corrected chi connectivity index (χ4v) is 5.02. The predicted molar refractivity (Wildman–Crippen MR) is 98.1 cm³/mol. The molecule has 3 atom stereocenters. The summed E-state index contributed by atoms with van der Waals surface area (Å²) in [5.41, 5.74) is 0.828. The molecule has 3 unspecified atom stereocenters. The van der Waals surface area contributed by atoms with Crippen molar-refractivity contribution in [3.05, 3.63) is 35.9 Å². The number of carbonyl (C=O) groups is 1. The molecule has 2 fully saturated rings. The fourth-order valence-electron chi connectivity index (χ4n) is 5.02. The maximum Gasteiger partial charge on any atom is 0.316 e. The van der Waals surface area contributed by atoms with Gasteiger partial charge in [-0.1, -0.05) is 30.3 Å². The number of aliphatic hydroxyl groups is 1. The number of fused-ring (bicyclic) bond motifs is 2. The van der Waals surface area contributed by atoms with Crippen molar-refractivity contribution in [3.8, 4) is 0 Å². The number of benzene rings is 1. The molecule has 0 radical (unpaired) electrons. The van der Waals surface area contributed by atoms with Gasteiger partial charge < -0.3 is 14.3 Å². The molecule has 2 aliphatic rings. The smallest absolute Gasteiger partial charge is 0.316 e. The second kappa shape index (κ2) is 7.46. The van der Waals surface area contributed by atoms with Gasteiger partial charge in [-0.2, -0.15) is 0 Å². The minimum absolute atomic E-state index is 0.00878. The highest BCUT2D eigenvalue weighted by molar-refractivity contribution is 5.78. The van der Waals surface area contributed by atoms with Crippen LogP contribution >= 0.6 is 0 Å². The minimum Gasteiger partial charge on any atom is -0.461 e. The van der Waals surface area contributed by atoms with Crippen LogP contribution in [0, 0.1) is 0 Å². The van der Waals surface area contributed by atoms with Crippen molar-refractivity contribution in [1.82, 2.24) is 0 Å². The van der Waals surface area contributed by atoms with Crippen molar-refractivity contribution in [3.63, 3.8) is 0 Å². The Balaban J connectivity index is 1.69. The van der Waals surface area contributed by atoms with Crippen LogP contribution in [-0.4, -0.2) is 53.4 Å². The molecule has 0 aliphatic carbocycles. The van der Waals surface area contributed by atoms with E-state index in [1.807, 2.05) is 30.3 Å². The molecular formula is C21H32NO3+. The summed E-state index contributed by atoms with van der Waals surface area (Å²) in [7, 11) is 2.39. The van der Waals surface area contributed by atoms with Crippen LogP contribution in [0.15, 0.2) is 30.3 Å². The third kappa shape index (κ3) is 3.47. The van der Waals surface area contributed by atoms with Crippen LogP contribution in [0.4, 0.5) is 0 Å². The normalized spacial score (nSPS) is 33.1. The van der Waals surface area contributed by atoms with Gasteiger partial charge in [0, 0.05) is 12.8 Å². The van der Waals surface area contributed by atoms with Crippen LogP contribution in [0.25, 0.3) is 0 Å². The number of piperidine rings is 2. The molecule has 2 aliphatic heterocycles. The Labute approximate surface area is 151 Å². The highest BCUT2D eigenvalue weighted by Gasteiger charge is 2.51. The Kier molecular flexibility index (Phi) is 5.49. The van der Waals surface area contributed by atoms with Crippen LogP contribution in [-0.2, 0) is 9.53 Å². The van der Waals surface area contributed by atoms with E-state index >= 15 is 0 Å². The lowest BCUT2D eigenvalue weighted by Gasteiger charge is -2.57. The van der Waals surface area contributed by atoms with Gasteiger partial charge in [-0.05, 0) is 38.7 Å². The van der Waals surface area contributed by atoms with E-state index in [0.717, 1.165) is 22.9 Å². The Morgan fingerprint density at radius 3 is 2.32 bits per heavy atom. The number of esters is 1. The summed E-state index contributed by atoms with van der Waals surface area (Å²) in [6.07, 6.45) is 5.63. The topological polar surface area (TPSA) is 46.5 Å². The molecule has 3 rings (SSSR count). The molecule has 0 aromatic heterocycles. The summed E-state index contributed by atoms with van der Waals surface area (Å²) in [6.45, 7) is 4.42. The monoisotopic (exact) mass is 346 g/mol. The van der Waals surface area contributed by atoms with Gasteiger partial charge in [0.1, 0.15) is 12.0 Å². The Hall–Kier alpha value is -1.39. The summed E-state index contributed by atoms with van der Waals surface area (Å²) >= 11 is 0. The summed E-state index contributed by atoms with van der Waals surface area (Å²) < 4.78 is 7.02. The van der Waals surface area contributed by atoms with Crippen molar-refractivity contribution in [2.24, 2.45) is 0 Å². The first-order valence-corrected chi connectivity index (χ1v) is 9.68. The number of aliphatic hydroxyl groups excluding tert-OH is 1. The molecule has 25 heavy (non-hydrogen) atoms. The number of rotatable bonds is 5. The maximum atomic E-state index is 12.7. The molecule has 2 heterocycles. The summed E-state index contributed by atoms with van der Waals surface area (Å²) in [5, 5.41) is 9.69. The van der Waals surface area contributed by atoms with E-state index in [2.05, 4.69) is 20.9 Å². The Morgan fingerprint density at radius 1 is 1.20 bits per heavy atom. The van der Waals surface area contributed by atoms with Gasteiger partial charge in [0.25, 0.3) is 0 Å². The quantitative estimate of drug-likeness (QED) is 0.658. The number of ether oxygens (including phenoxy) is 1. The number of hydrogen-bond donors (Lipinski definition) is 1. The predicted octanol–water partition coefficient (Wildman–Crippen LogP) is 3.24. The van der Waals surface area contributed by atoms with Crippen molar-refractivity contribution in [1.29, 1.82) is 0 Å². The largest absolute Gasteiger partial charge is 0.461 e. The number of hydrogen-bond acceptors (Lipinski definition) is 3. The molecule has 0 saturated carbocycles. The second-order valence-corrected chi connectivity index (χ2v) is 8.23. The van der Waals surface area contributed by atoms with Crippen LogP contribution in [0.5, 0.6) is 0 Å². The third-order valence-electron chi connectivity index (χ3n) is 6.78. The number of nitrogens with zero attached hydrogens (tertiary/aromatic N) is 1. The van der Waals surface area contributed by atoms with Crippen LogP contribution < -0.4 is 0 Å². The zero-order valence-corrected chi connectivity index (χ0v) is 15.7. The third-order valence-corrected chi connectivity index (χ3v) is 6.78. The molecule has 2 saturated heterocycles. The van der Waals surface area contributed by atoms with Gasteiger partial charge in [-0.3, -0.25) is 4.79 Å². The molecule has 1 aromatic rings. The lowest BCUT2D eigenvalue weighted by molar-refractivity contribution is -0.985. The van der Waals surface area contributed by atoms with Crippen LogP contribution in [0.1, 0.15) is 57.4 Å². The van der Waals surface area contributed by atoms with Crippen molar-refractivity contribution >= 4 is 5.97 Å². The van der Waals surface area contributed by atoms with Crippen molar-refractivity contribution in [2.45, 2.75) is 76.1 Å². The molecule has 1 aromatic carbocycles. The first-order chi connectivity index (χ1) is 12.0. The van der Waals surface area contributed by atoms with Gasteiger partial charge >= 0.3 is 5.97 Å². The van der Waals surface area contributed by atoms with Crippen LogP contribution in [0.3, 0.4) is 0 Å². The molecule has 0 amide bonds. The summed E-state index contributed by atoms with van der Waals surface area (Å²) in [5.74, 6) is -0.855. The second-order valence-electron chi connectivity index (χ2n) is 8.23. The lowest BCUT2D eigenvalue weighted by Crippen LogP contribution is -2.68.